The Hall–Kier alpha value is -4.11. The lowest BCUT2D eigenvalue weighted by molar-refractivity contribution is -0.143. The fraction of sp³-hybridized carbons (Fsp3) is 0.417. The fourth-order valence-electron chi connectivity index (χ4n) is 3.74. The van der Waals surface area contributed by atoms with Crippen LogP contribution in [0.25, 0.3) is 10.9 Å². The van der Waals surface area contributed by atoms with Crippen molar-refractivity contribution in [1.29, 1.82) is 0 Å². The minimum absolute atomic E-state index is 0.0780. The third-order valence-corrected chi connectivity index (χ3v) is 6.37. The van der Waals surface area contributed by atoms with Crippen molar-refractivity contribution in [1.82, 2.24) is 20.9 Å². The molecule has 212 valence electrons. The van der Waals surface area contributed by atoms with E-state index in [-0.39, 0.29) is 12.8 Å². The number of nitrogens with two attached hydrogens (primary N) is 2. The number of nitrogens with one attached hydrogen (secondary N) is 4. The van der Waals surface area contributed by atoms with E-state index in [4.69, 9.17) is 11.5 Å². The average Bonchev–Trinajstić information content (AvgIpc) is 3.27. The van der Waals surface area contributed by atoms with Crippen LogP contribution in [0.1, 0.15) is 24.8 Å². The first-order chi connectivity index (χ1) is 18.4. The van der Waals surface area contributed by atoms with Gasteiger partial charge in [0.1, 0.15) is 18.1 Å². The van der Waals surface area contributed by atoms with Crippen molar-refractivity contribution < 1.29 is 39.0 Å². The van der Waals surface area contributed by atoms with E-state index in [0.717, 1.165) is 10.9 Å². The Labute approximate surface area is 227 Å². The van der Waals surface area contributed by atoms with Gasteiger partial charge in [-0.05, 0) is 30.1 Å². The molecular weight excluding hydrogens is 532 g/mol. The summed E-state index contributed by atoms with van der Waals surface area (Å²) < 4.78 is 0. The van der Waals surface area contributed by atoms with E-state index >= 15 is 0 Å². The first-order valence-corrected chi connectivity index (χ1v) is 13.3. The molecule has 10 N–H and O–H groups in total. The van der Waals surface area contributed by atoms with Crippen LogP contribution in [-0.4, -0.2) is 86.9 Å². The van der Waals surface area contributed by atoms with Crippen LogP contribution in [0.5, 0.6) is 0 Å². The summed E-state index contributed by atoms with van der Waals surface area (Å²) in [7, 11) is 0. The summed E-state index contributed by atoms with van der Waals surface area (Å²) >= 11 is 1.40. The van der Waals surface area contributed by atoms with E-state index < -0.39 is 72.6 Å². The predicted octanol–water partition coefficient (Wildman–Crippen LogP) is -1.32. The van der Waals surface area contributed by atoms with Gasteiger partial charge in [0.05, 0.1) is 18.9 Å². The topological polar surface area (TPSA) is 247 Å². The van der Waals surface area contributed by atoms with Crippen LogP contribution < -0.4 is 27.4 Å². The largest absolute Gasteiger partial charge is 0.481 e. The number of para-hydroxylation sites is 1. The van der Waals surface area contributed by atoms with E-state index in [0.29, 0.717) is 11.3 Å². The predicted molar refractivity (Wildman–Crippen MR) is 142 cm³/mol. The summed E-state index contributed by atoms with van der Waals surface area (Å²) in [6.07, 6.45) is 2.09. The number of H-pyrrole nitrogens is 1. The van der Waals surface area contributed by atoms with Crippen molar-refractivity contribution in [3.05, 3.63) is 36.0 Å². The highest BCUT2D eigenvalue weighted by Gasteiger charge is 2.32. The highest BCUT2D eigenvalue weighted by molar-refractivity contribution is 7.98. The SMILES string of the molecule is CSCCC(NC(=O)C(Cc1c[nH]c2ccccc12)NC(=O)C(CC(=O)O)NC(=O)C(N)CC(N)=O)C(=O)O. The van der Waals surface area contributed by atoms with Crippen molar-refractivity contribution in [2.24, 2.45) is 11.5 Å². The van der Waals surface area contributed by atoms with Crippen LogP contribution in [0.3, 0.4) is 0 Å². The second-order valence-electron chi connectivity index (χ2n) is 8.74. The lowest BCUT2D eigenvalue weighted by Gasteiger charge is -2.24. The number of primary amides is 1. The van der Waals surface area contributed by atoms with Gasteiger partial charge in [-0.1, -0.05) is 18.2 Å². The standard InChI is InChI=1S/C24H32N6O8S/c1-39-7-6-16(24(37)38)28-22(35)17(8-12-11-27-15-5-3-2-4-13(12)15)30-23(36)18(10-20(32)33)29-21(34)14(25)9-19(26)31/h2-5,11,14,16-18,27H,6-10,25H2,1H3,(H2,26,31)(H,28,35)(H,29,34)(H,30,36)(H,32,33)(H,37,38). The summed E-state index contributed by atoms with van der Waals surface area (Å²) in [6, 6.07) is 1.55. The number of hydrogen-bond donors (Lipinski definition) is 8. The molecule has 0 spiro atoms. The number of fused-ring (bicyclic) bond motifs is 1. The molecular formula is C24H32N6O8S. The number of aliphatic carboxylic acids is 2. The Morgan fingerprint density at radius 3 is 2.15 bits per heavy atom. The molecule has 14 nitrogen and oxygen atoms in total. The monoisotopic (exact) mass is 564 g/mol. The van der Waals surface area contributed by atoms with Crippen molar-refractivity contribution in [2.75, 3.05) is 12.0 Å². The number of benzene rings is 1. The molecule has 0 saturated heterocycles. The van der Waals surface area contributed by atoms with Crippen LogP contribution in [0, 0.1) is 0 Å². The molecule has 0 bridgehead atoms. The third kappa shape index (κ3) is 9.61. The summed E-state index contributed by atoms with van der Waals surface area (Å²) in [5.74, 6) is -5.93. The summed E-state index contributed by atoms with van der Waals surface area (Å²) in [5, 5.41) is 26.6. The molecule has 1 aromatic heterocycles. The molecule has 0 aliphatic rings. The first-order valence-electron chi connectivity index (χ1n) is 11.9. The van der Waals surface area contributed by atoms with E-state index in [2.05, 4.69) is 20.9 Å². The van der Waals surface area contributed by atoms with Crippen LogP contribution in [-0.2, 0) is 35.2 Å². The molecule has 0 aliphatic carbocycles. The fourth-order valence-corrected chi connectivity index (χ4v) is 4.21. The van der Waals surface area contributed by atoms with Crippen molar-refractivity contribution >= 4 is 58.2 Å². The molecule has 0 saturated carbocycles. The van der Waals surface area contributed by atoms with Gasteiger partial charge in [-0.2, -0.15) is 11.8 Å². The second kappa shape index (κ2) is 14.7. The van der Waals surface area contributed by atoms with Crippen molar-refractivity contribution in [3.8, 4) is 0 Å². The maximum Gasteiger partial charge on any atom is 0.326 e. The van der Waals surface area contributed by atoms with Crippen molar-refractivity contribution in [2.45, 2.75) is 49.9 Å². The Balaban J connectivity index is 2.32. The molecule has 1 aromatic carbocycles. The van der Waals surface area contributed by atoms with E-state index in [1.807, 2.05) is 6.07 Å². The number of thioether (sulfide) groups is 1. The number of carboxylic acid groups (broad SMARTS) is 2. The molecule has 4 unspecified atom stereocenters. The van der Waals surface area contributed by atoms with Crippen LogP contribution in [0.2, 0.25) is 0 Å². The zero-order valence-electron chi connectivity index (χ0n) is 21.1. The minimum atomic E-state index is -1.65. The Bertz CT molecular complexity index is 1220. The van der Waals surface area contributed by atoms with Gasteiger partial charge < -0.3 is 42.6 Å². The van der Waals surface area contributed by atoms with E-state index in [1.165, 1.54) is 11.8 Å². The molecule has 2 rings (SSSR count). The molecule has 1 heterocycles. The second-order valence-corrected chi connectivity index (χ2v) is 9.73. The van der Waals surface area contributed by atoms with Gasteiger partial charge in [0.2, 0.25) is 23.6 Å². The number of amides is 4. The van der Waals surface area contributed by atoms with Crippen molar-refractivity contribution in [3.63, 3.8) is 0 Å². The minimum Gasteiger partial charge on any atom is -0.481 e. The maximum absolute atomic E-state index is 13.2. The van der Waals surface area contributed by atoms with Crippen LogP contribution in [0.4, 0.5) is 0 Å². The van der Waals surface area contributed by atoms with Gasteiger partial charge >= 0.3 is 11.9 Å². The number of carbonyl (C=O) groups is 6. The van der Waals surface area contributed by atoms with Gasteiger partial charge in [0.15, 0.2) is 0 Å². The lowest BCUT2D eigenvalue weighted by Crippen LogP contribution is -2.58. The number of rotatable bonds is 16. The highest BCUT2D eigenvalue weighted by atomic mass is 32.2. The molecule has 0 aliphatic heterocycles. The highest BCUT2D eigenvalue weighted by Crippen LogP contribution is 2.19. The summed E-state index contributed by atoms with van der Waals surface area (Å²) in [4.78, 5) is 75.9. The molecule has 15 heteroatoms. The lowest BCUT2D eigenvalue weighted by atomic mass is 10.0. The number of carbonyl (C=O) groups excluding carboxylic acids is 4. The molecule has 4 amide bonds. The molecule has 2 aromatic rings. The Morgan fingerprint density at radius 1 is 0.923 bits per heavy atom. The molecule has 39 heavy (non-hydrogen) atoms. The van der Waals surface area contributed by atoms with Gasteiger partial charge in [-0.15, -0.1) is 0 Å². The number of hydrogen-bond acceptors (Lipinski definition) is 8. The van der Waals surface area contributed by atoms with Gasteiger partial charge in [0, 0.05) is 23.5 Å². The average molecular weight is 565 g/mol. The first kappa shape index (κ1) is 31.1. The zero-order chi connectivity index (χ0) is 29.1. The number of carboxylic acids is 2. The van der Waals surface area contributed by atoms with E-state index in [9.17, 15) is 39.0 Å². The Morgan fingerprint density at radius 2 is 1.54 bits per heavy atom. The van der Waals surface area contributed by atoms with Gasteiger partial charge in [0.25, 0.3) is 0 Å². The molecule has 0 radical (unpaired) electrons. The maximum atomic E-state index is 13.2. The quantitative estimate of drug-likeness (QED) is 0.119. The van der Waals surface area contributed by atoms with Crippen LogP contribution in [0.15, 0.2) is 30.5 Å². The summed E-state index contributed by atoms with van der Waals surface area (Å²) in [5.41, 5.74) is 12.0. The van der Waals surface area contributed by atoms with E-state index in [1.54, 1.807) is 30.7 Å². The third-order valence-electron chi connectivity index (χ3n) is 5.73. The van der Waals surface area contributed by atoms with Crippen LogP contribution >= 0.6 is 11.8 Å². The Kier molecular flexibility index (Phi) is 11.7. The molecule has 4 atom stereocenters. The zero-order valence-corrected chi connectivity index (χ0v) is 22.0. The molecule has 0 fully saturated rings. The number of aromatic nitrogens is 1. The summed E-state index contributed by atoms with van der Waals surface area (Å²) in [6.45, 7) is 0. The number of aromatic amines is 1. The van der Waals surface area contributed by atoms with Gasteiger partial charge in [-0.25, -0.2) is 4.79 Å². The normalized spacial score (nSPS) is 14.0. The van der Waals surface area contributed by atoms with Gasteiger partial charge in [-0.3, -0.25) is 24.0 Å². The smallest absolute Gasteiger partial charge is 0.326 e.